The Morgan fingerprint density at radius 2 is 2.03 bits per heavy atom. The van der Waals surface area contributed by atoms with E-state index in [1.165, 1.54) is 16.2 Å². The molecule has 11 heteroatoms. The Labute approximate surface area is 204 Å². The van der Waals surface area contributed by atoms with E-state index in [9.17, 15) is 14.4 Å². The molecule has 5 N–H and O–H groups in total. The van der Waals surface area contributed by atoms with E-state index >= 15 is 0 Å². The van der Waals surface area contributed by atoms with Gasteiger partial charge in [0.05, 0.1) is 11.8 Å². The number of aromatic nitrogens is 1. The van der Waals surface area contributed by atoms with Crippen LogP contribution in [0.15, 0.2) is 41.8 Å². The van der Waals surface area contributed by atoms with Gasteiger partial charge in [-0.2, -0.15) is 4.37 Å². The van der Waals surface area contributed by atoms with Gasteiger partial charge in [0.15, 0.2) is 11.7 Å². The van der Waals surface area contributed by atoms with E-state index < -0.39 is 17.9 Å². The van der Waals surface area contributed by atoms with E-state index in [1.54, 1.807) is 18.2 Å². The quantitative estimate of drug-likeness (QED) is 0.435. The van der Waals surface area contributed by atoms with Crippen LogP contribution in [0.3, 0.4) is 0 Å². The number of amides is 3. The summed E-state index contributed by atoms with van der Waals surface area (Å²) in [7, 11) is 0. The number of carbonyl (C=O) groups excluding carboxylic acids is 3. The van der Waals surface area contributed by atoms with Gasteiger partial charge < -0.3 is 21.5 Å². The van der Waals surface area contributed by atoms with Crippen LogP contribution >= 0.6 is 22.9 Å². The average Bonchev–Trinajstić information content (AvgIpc) is 3.58. The Hall–Kier alpha value is -3.28. The Morgan fingerprint density at radius 3 is 2.62 bits per heavy atom. The predicted molar refractivity (Wildman–Crippen MR) is 132 cm³/mol. The van der Waals surface area contributed by atoms with Crippen LogP contribution in [-0.4, -0.2) is 41.4 Å². The zero-order valence-corrected chi connectivity index (χ0v) is 20.2. The van der Waals surface area contributed by atoms with Gasteiger partial charge >= 0.3 is 0 Å². The number of nitrogens with zero attached hydrogens (tertiary/aromatic N) is 2. The van der Waals surface area contributed by atoms with Crippen LogP contribution in [0.2, 0.25) is 0 Å². The summed E-state index contributed by atoms with van der Waals surface area (Å²) in [4.78, 5) is 41.2. The molecule has 9 nitrogen and oxygen atoms in total. The van der Waals surface area contributed by atoms with Crippen LogP contribution in [0.1, 0.15) is 49.5 Å². The fraction of sp³-hybridized carbons (Fsp3) is 0.304. The highest BCUT2D eigenvalue weighted by molar-refractivity contribution is 7.10. The van der Waals surface area contributed by atoms with E-state index in [4.69, 9.17) is 16.2 Å². The number of nitrogens with two attached hydrogens (primary N) is 2. The molecule has 0 spiro atoms. The predicted octanol–water partition coefficient (Wildman–Crippen LogP) is 2.88. The molecule has 3 amide bonds. The van der Waals surface area contributed by atoms with Crippen molar-refractivity contribution in [3.8, 4) is 0 Å². The van der Waals surface area contributed by atoms with Crippen LogP contribution in [0.5, 0.6) is 0 Å². The summed E-state index contributed by atoms with van der Waals surface area (Å²) in [5.74, 6) is -1.71. The second-order valence-electron chi connectivity index (χ2n) is 7.95. The van der Waals surface area contributed by atoms with Gasteiger partial charge in [0.2, 0.25) is 5.91 Å². The molecule has 4 rings (SSSR count). The molecule has 1 fully saturated rings. The highest BCUT2D eigenvalue weighted by atomic mass is 32.1. The van der Waals surface area contributed by atoms with Crippen molar-refractivity contribution in [3.05, 3.63) is 62.8 Å². The Bertz CT molecular complexity index is 1170. The molecule has 0 unspecified atom stereocenters. The SMILES string of the molecule is Cc1ccc(N(C(=O)c2snc(C(N)=O)c2N)[C@H](C(=O)NC[C@@H]2CCCO2)c2cccs2)cc1. The van der Waals surface area contributed by atoms with Gasteiger partial charge in [0, 0.05) is 23.7 Å². The van der Waals surface area contributed by atoms with Gasteiger partial charge in [-0.1, -0.05) is 23.8 Å². The van der Waals surface area contributed by atoms with Crippen LogP contribution in [0.4, 0.5) is 11.4 Å². The highest BCUT2D eigenvalue weighted by Crippen LogP contribution is 2.34. The van der Waals surface area contributed by atoms with Crippen molar-refractivity contribution in [1.82, 2.24) is 9.69 Å². The van der Waals surface area contributed by atoms with Gasteiger partial charge in [-0.25, -0.2) is 0 Å². The number of hydrogen-bond donors (Lipinski definition) is 3. The first-order chi connectivity index (χ1) is 16.4. The minimum atomic E-state index is -0.963. The van der Waals surface area contributed by atoms with Crippen LogP contribution in [0, 0.1) is 6.92 Å². The van der Waals surface area contributed by atoms with E-state index in [1.807, 2.05) is 30.5 Å². The van der Waals surface area contributed by atoms with Crippen molar-refractivity contribution in [3.63, 3.8) is 0 Å². The lowest BCUT2D eigenvalue weighted by Crippen LogP contribution is -2.45. The smallest absolute Gasteiger partial charge is 0.273 e. The lowest BCUT2D eigenvalue weighted by atomic mass is 10.1. The third kappa shape index (κ3) is 4.96. The number of aryl methyl sites for hydroxylation is 1. The molecule has 1 aliphatic heterocycles. The topological polar surface area (TPSA) is 141 Å². The van der Waals surface area contributed by atoms with E-state index in [0.717, 1.165) is 29.9 Å². The van der Waals surface area contributed by atoms with E-state index in [0.29, 0.717) is 23.7 Å². The Kier molecular flexibility index (Phi) is 7.25. The van der Waals surface area contributed by atoms with Gasteiger partial charge in [-0.15, -0.1) is 11.3 Å². The molecule has 3 aromatic rings. The second-order valence-corrected chi connectivity index (χ2v) is 9.70. The fourth-order valence-corrected chi connectivity index (χ4v) is 5.32. The van der Waals surface area contributed by atoms with Gasteiger partial charge in [0.1, 0.15) is 4.88 Å². The lowest BCUT2D eigenvalue weighted by molar-refractivity contribution is -0.122. The molecule has 0 bridgehead atoms. The van der Waals surface area contributed by atoms with Gasteiger partial charge in [-0.05, 0) is 54.9 Å². The average molecular weight is 500 g/mol. The number of thiophene rings is 1. The largest absolute Gasteiger partial charge is 0.395 e. The highest BCUT2D eigenvalue weighted by Gasteiger charge is 2.36. The number of anilines is 2. The van der Waals surface area contributed by atoms with E-state index in [2.05, 4.69) is 9.69 Å². The molecule has 0 aliphatic carbocycles. The van der Waals surface area contributed by atoms with Crippen molar-refractivity contribution in [2.75, 3.05) is 23.8 Å². The molecule has 1 aliphatic rings. The van der Waals surface area contributed by atoms with Crippen molar-refractivity contribution in [2.24, 2.45) is 5.73 Å². The number of ether oxygens (including phenoxy) is 1. The number of benzene rings is 1. The molecule has 0 saturated carbocycles. The molecule has 1 aromatic carbocycles. The fourth-order valence-electron chi connectivity index (χ4n) is 3.76. The maximum Gasteiger partial charge on any atom is 0.273 e. The molecule has 1 saturated heterocycles. The van der Waals surface area contributed by atoms with Crippen LogP contribution in [-0.2, 0) is 9.53 Å². The first-order valence-electron chi connectivity index (χ1n) is 10.7. The summed E-state index contributed by atoms with van der Waals surface area (Å²) in [5, 5.41) is 4.80. The number of hydrogen-bond acceptors (Lipinski definition) is 8. The second kappa shape index (κ2) is 10.3. The lowest BCUT2D eigenvalue weighted by Gasteiger charge is -2.30. The van der Waals surface area contributed by atoms with Crippen molar-refractivity contribution in [2.45, 2.75) is 31.9 Å². The monoisotopic (exact) mass is 499 g/mol. The Morgan fingerprint density at radius 1 is 1.26 bits per heavy atom. The molecule has 34 heavy (non-hydrogen) atoms. The number of primary amides is 1. The normalized spacial score (nSPS) is 16.2. The summed E-state index contributed by atoms with van der Waals surface area (Å²) in [5.41, 5.74) is 12.7. The molecule has 2 atom stereocenters. The zero-order chi connectivity index (χ0) is 24.2. The van der Waals surface area contributed by atoms with Gasteiger partial charge in [0.25, 0.3) is 11.8 Å². The zero-order valence-electron chi connectivity index (χ0n) is 18.5. The number of rotatable bonds is 8. The first-order valence-corrected chi connectivity index (χ1v) is 12.4. The van der Waals surface area contributed by atoms with Crippen LogP contribution < -0.4 is 21.7 Å². The Balaban J connectivity index is 1.75. The van der Waals surface area contributed by atoms with E-state index in [-0.39, 0.29) is 28.3 Å². The van der Waals surface area contributed by atoms with Gasteiger partial charge in [-0.3, -0.25) is 19.3 Å². The first kappa shape index (κ1) is 23.9. The summed E-state index contributed by atoms with van der Waals surface area (Å²) < 4.78 is 9.59. The van der Waals surface area contributed by atoms with Crippen molar-refractivity contribution >= 4 is 52.0 Å². The molecular formula is C23H25N5O4S2. The molecule has 178 valence electrons. The minimum Gasteiger partial charge on any atom is -0.395 e. The third-order valence-electron chi connectivity index (χ3n) is 5.53. The number of nitrogens with one attached hydrogen (secondary N) is 1. The molecular weight excluding hydrogens is 474 g/mol. The maximum atomic E-state index is 13.9. The van der Waals surface area contributed by atoms with Crippen molar-refractivity contribution < 1.29 is 19.1 Å². The third-order valence-corrected chi connectivity index (χ3v) is 7.31. The summed E-state index contributed by atoms with van der Waals surface area (Å²) in [6, 6.07) is 9.92. The van der Waals surface area contributed by atoms with Crippen molar-refractivity contribution in [1.29, 1.82) is 0 Å². The summed E-state index contributed by atoms with van der Waals surface area (Å²) in [6.45, 7) is 2.96. The summed E-state index contributed by atoms with van der Waals surface area (Å²) in [6.07, 6.45) is 1.78. The van der Waals surface area contributed by atoms with Crippen LogP contribution in [0.25, 0.3) is 0 Å². The summed E-state index contributed by atoms with van der Waals surface area (Å²) >= 11 is 2.15. The molecule has 0 radical (unpaired) electrons. The minimum absolute atomic E-state index is 0.0443. The number of carbonyl (C=O) groups is 3. The standard InChI is InChI=1S/C23H25N5O4S2/c1-13-6-8-14(9-7-13)28(23(31)20-17(24)18(21(25)29)27-34-20)19(16-5-3-11-33-16)22(30)26-12-15-4-2-10-32-15/h3,5-9,11,15,19H,2,4,10,12,24H2,1H3,(H2,25,29)(H,26,30)/t15-,19-/m0/s1. The molecule has 2 aromatic heterocycles. The number of nitrogen functional groups attached to an aromatic ring is 1. The molecule has 3 heterocycles. The maximum absolute atomic E-state index is 13.9.